The number of fused-ring (bicyclic) bond motifs is 4. The third kappa shape index (κ3) is 6.86. The van der Waals surface area contributed by atoms with Gasteiger partial charge in [-0.2, -0.15) is 0 Å². The topological polar surface area (TPSA) is 9.23 Å². The molecule has 2 aliphatic heterocycles. The van der Waals surface area contributed by atoms with E-state index in [1.807, 2.05) is 17.8 Å². The van der Waals surface area contributed by atoms with E-state index in [0.717, 1.165) is 87.1 Å². The lowest BCUT2D eigenvalue weighted by Crippen LogP contribution is -2.74. The van der Waals surface area contributed by atoms with Crippen LogP contribution in [0.4, 0.5) is 0 Å². The lowest BCUT2D eigenvalue weighted by Gasteiger charge is -2.38. The van der Waals surface area contributed by atoms with Gasteiger partial charge in [0.2, 0.25) is 0 Å². The Morgan fingerprint density at radius 1 is 0.478 bits per heavy atom. The molecule has 12 rings (SSSR count). The van der Waals surface area contributed by atoms with Gasteiger partial charge in [0.05, 0.1) is 0 Å². The molecule has 2 fully saturated rings. The zero-order valence-electron chi connectivity index (χ0n) is 46.3. The van der Waals surface area contributed by atoms with Gasteiger partial charge in [0.1, 0.15) is 11.5 Å². The van der Waals surface area contributed by atoms with Gasteiger partial charge in [-0.3, -0.25) is 0 Å². The minimum absolute atomic E-state index is 0.0847. The monoisotopic (exact) mass is 912 g/mol. The van der Waals surface area contributed by atoms with Crippen LogP contribution in [0.15, 0.2) is 192 Å². The fraction of sp³-hybridized carbons (Fsp3) is 0.250. The number of benzene rings is 8. The van der Waals surface area contributed by atoms with Gasteiger partial charge >= 0.3 is 0 Å². The summed E-state index contributed by atoms with van der Waals surface area (Å²) < 4.78 is 82.1. The van der Waals surface area contributed by atoms with Crippen molar-refractivity contribution in [3.05, 3.63) is 215 Å². The molecule has 8 aromatic carbocycles. The normalized spacial score (nSPS) is 20.3. The quantitative estimate of drug-likeness (QED) is 0.111. The van der Waals surface area contributed by atoms with Crippen LogP contribution in [0, 0.1) is 0 Å². The van der Waals surface area contributed by atoms with E-state index in [1.54, 1.807) is 36.4 Å². The average Bonchev–Trinajstić information content (AvgIpc) is 4.07. The molecule has 332 valence electrons. The first-order valence-corrected chi connectivity index (χ1v) is 27.0. The maximum absolute atomic E-state index is 10.2. The van der Waals surface area contributed by atoms with Crippen molar-refractivity contribution < 1.29 is 15.7 Å². The predicted molar refractivity (Wildman–Crippen MR) is 285 cm³/mol. The molecule has 2 aliphatic carbocycles. The molecule has 0 radical (unpaired) electrons. The van der Waals surface area contributed by atoms with E-state index in [9.17, 15) is 2.74 Å². The lowest BCUT2D eigenvalue weighted by atomic mass is 9.74. The standard InChI is InChI=1S/C64H60OSSi/c1-63(2)55-31-15-17-35-59(55)65-61-51(29-19-33-57(61)63)53-41-47(37-39-49(53)43-21-11-12-22-43)67(45-25-7-5-8-26-45,46-27-9-6-10-28-46)48-38-40-50(44-23-13-14-24-44)54(42-48)52-30-20-34-58-62(52)66-60-36-18-16-32-56(60)64(58,3)4/h5-10,15-20,25-44H,11-14,21-24H2,1-4H3/i1D3,2D3,43D,44D. The second kappa shape index (κ2) is 16.7. The van der Waals surface area contributed by atoms with Crippen LogP contribution in [0.3, 0.4) is 0 Å². The number of hydrogen-bond donors (Lipinski definition) is 0. The molecule has 0 spiro atoms. The molecule has 0 atom stereocenters. The summed E-state index contributed by atoms with van der Waals surface area (Å²) in [4.78, 5) is 2.46. The van der Waals surface area contributed by atoms with Crippen molar-refractivity contribution >= 4 is 40.6 Å². The van der Waals surface area contributed by atoms with Crippen LogP contribution >= 0.6 is 11.8 Å². The highest BCUT2D eigenvalue weighted by atomic mass is 32.2. The van der Waals surface area contributed by atoms with Crippen LogP contribution in [-0.2, 0) is 10.8 Å². The molecule has 8 aromatic rings. The third-order valence-electron chi connectivity index (χ3n) is 15.5. The third-order valence-corrected chi connectivity index (χ3v) is 21.4. The van der Waals surface area contributed by atoms with Crippen molar-refractivity contribution in [3.63, 3.8) is 0 Å². The SMILES string of the molecule is [2H]C1(c2ccc([Si](c3ccccc3)(c3ccccc3)c3ccc(C4([2H])CCCC4)c(-c4cccc5c4Sc4ccccc4C5(C)C)c3)cc2-c2cccc3c2Oc2ccccc2C3(C([2H])([2H])[2H])C([2H])([2H])[2H])CCCC1. The molecule has 0 unspecified atom stereocenters. The Hall–Kier alpha value is -5.87. The van der Waals surface area contributed by atoms with Gasteiger partial charge in [-0.15, -0.1) is 0 Å². The summed E-state index contributed by atoms with van der Waals surface area (Å²) >= 11 is 1.83. The van der Waals surface area contributed by atoms with Crippen LogP contribution in [0.5, 0.6) is 11.5 Å². The smallest absolute Gasteiger partial charge is 0.179 e. The van der Waals surface area contributed by atoms with Crippen LogP contribution in [0.1, 0.15) is 135 Å². The summed E-state index contributed by atoms with van der Waals surface area (Å²) in [6.07, 6.45) is 6.66. The number of ether oxygens (including phenoxy) is 1. The summed E-state index contributed by atoms with van der Waals surface area (Å²) in [5, 5.41) is 4.49. The molecule has 2 saturated carbocycles. The first kappa shape index (κ1) is 34.4. The number of rotatable bonds is 8. The summed E-state index contributed by atoms with van der Waals surface area (Å²) in [5.74, 6) is -1.35. The van der Waals surface area contributed by atoms with Crippen molar-refractivity contribution in [3.8, 4) is 33.8 Å². The first-order valence-electron chi connectivity index (χ1n) is 28.2. The Balaban J connectivity index is 1.17. The van der Waals surface area contributed by atoms with E-state index in [2.05, 4.69) is 153 Å². The molecule has 67 heavy (non-hydrogen) atoms. The van der Waals surface area contributed by atoms with Gasteiger partial charge in [0.15, 0.2) is 8.07 Å². The van der Waals surface area contributed by atoms with Gasteiger partial charge in [-0.05, 0) is 109 Å². The van der Waals surface area contributed by atoms with Crippen molar-refractivity contribution in [2.45, 2.75) is 111 Å². The molecule has 2 heterocycles. The maximum atomic E-state index is 10.2. The minimum atomic E-state index is -3.45. The Labute approximate surface area is 415 Å². The summed E-state index contributed by atoms with van der Waals surface area (Å²) in [7, 11) is -3.45. The summed E-state index contributed by atoms with van der Waals surface area (Å²) in [5.41, 5.74) is 5.46. The highest BCUT2D eigenvalue weighted by Crippen LogP contribution is 2.55. The van der Waals surface area contributed by atoms with E-state index in [4.69, 9.17) is 13.0 Å². The Bertz CT molecular complexity index is 3450. The van der Waals surface area contributed by atoms with Crippen LogP contribution < -0.4 is 25.5 Å². The highest BCUT2D eigenvalue weighted by molar-refractivity contribution is 7.99. The van der Waals surface area contributed by atoms with E-state index >= 15 is 0 Å². The molecule has 3 heteroatoms. The van der Waals surface area contributed by atoms with Gasteiger partial charge in [0.25, 0.3) is 0 Å². The zero-order valence-corrected chi connectivity index (χ0v) is 40.1. The van der Waals surface area contributed by atoms with E-state index in [-0.39, 0.29) is 28.0 Å². The molecule has 0 saturated heterocycles. The van der Waals surface area contributed by atoms with Crippen molar-refractivity contribution in [1.29, 1.82) is 0 Å². The predicted octanol–water partition coefficient (Wildman–Crippen LogP) is 14.9. The Kier molecular flexibility index (Phi) is 8.59. The van der Waals surface area contributed by atoms with Crippen molar-refractivity contribution in [2.24, 2.45) is 0 Å². The summed E-state index contributed by atoms with van der Waals surface area (Å²) in [6, 6.07) is 62.7. The first-order chi connectivity index (χ1) is 35.9. The van der Waals surface area contributed by atoms with Gasteiger partial charge in [-0.1, -0.05) is 235 Å². The van der Waals surface area contributed by atoms with Crippen LogP contribution in [0.25, 0.3) is 22.3 Å². The molecule has 4 aliphatic rings. The molecule has 0 amide bonds. The second-order valence-electron chi connectivity index (χ2n) is 19.6. The van der Waals surface area contributed by atoms with Gasteiger partial charge in [0, 0.05) is 48.3 Å². The van der Waals surface area contributed by atoms with Crippen molar-refractivity contribution in [1.82, 2.24) is 0 Å². The van der Waals surface area contributed by atoms with E-state index < -0.39 is 39.0 Å². The highest BCUT2D eigenvalue weighted by Gasteiger charge is 2.44. The fourth-order valence-corrected chi connectivity index (χ4v) is 18.4. The number of hydrogen-bond acceptors (Lipinski definition) is 2. The second-order valence-corrected chi connectivity index (χ2v) is 24.4. The molecular formula is C64H60OSSi. The molecule has 1 nitrogen and oxygen atoms in total. The largest absolute Gasteiger partial charge is 0.456 e. The maximum Gasteiger partial charge on any atom is 0.179 e. The van der Waals surface area contributed by atoms with E-state index in [0.29, 0.717) is 18.4 Å². The Morgan fingerprint density at radius 2 is 0.985 bits per heavy atom. The van der Waals surface area contributed by atoms with E-state index in [1.165, 1.54) is 20.9 Å². The fourth-order valence-electron chi connectivity index (χ4n) is 12.1. The molecular weight excluding hydrogens is 845 g/mol. The molecule has 0 aromatic heterocycles. The van der Waals surface area contributed by atoms with Crippen LogP contribution in [-0.4, -0.2) is 8.07 Å². The lowest BCUT2D eigenvalue weighted by molar-refractivity contribution is 0.419. The average molecular weight is 913 g/mol. The Morgan fingerprint density at radius 3 is 1.60 bits per heavy atom. The van der Waals surface area contributed by atoms with Gasteiger partial charge < -0.3 is 4.74 Å². The minimum Gasteiger partial charge on any atom is -0.456 e. The summed E-state index contributed by atoms with van der Waals surface area (Å²) in [6.45, 7) is -1.36. The van der Waals surface area contributed by atoms with Gasteiger partial charge in [-0.25, -0.2) is 0 Å². The van der Waals surface area contributed by atoms with Crippen LogP contribution in [0.2, 0.25) is 0 Å². The molecule has 0 N–H and O–H groups in total. The van der Waals surface area contributed by atoms with Crippen molar-refractivity contribution in [2.75, 3.05) is 0 Å². The molecule has 0 bridgehead atoms. The zero-order chi connectivity index (χ0) is 52.2. The number of para-hydroxylation sites is 2.